The molecule has 0 saturated heterocycles. The molecule has 0 aliphatic rings. The molecule has 1 unspecified atom stereocenters. The molecule has 0 fully saturated rings. The number of hydrogen-bond acceptors (Lipinski definition) is 2. The molecule has 0 heterocycles. The van der Waals surface area contributed by atoms with E-state index in [4.69, 9.17) is 4.74 Å². The van der Waals surface area contributed by atoms with Gasteiger partial charge in [-0.05, 0) is 42.7 Å². The van der Waals surface area contributed by atoms with Crippen LogP contribution in [0.5, 0.6) is 5.75 Å². The maximum atomic E-state index is 9.59. The van der Waals surface area contributed by atoms with Crippen LogP contribution in [0.1, 0.15) is 22.8 Å². The summed E-state index contributed by atoms with van der Waals surface area (Å²) in [5.74, 6) is 0.354. The van der Waals surface area contributed by atoms with E-state index in [1.165, 1.54) is 0 Å². The molecule has 0 radical (unpaired) electrons. The average molecular weight is 192 g/mol. The monoisotopic (exact) mass is 192 g/mol. The standard InChI is InChI=1S/C12H16O2/c1-5-11(14-4)10-6-8(2)12(13)9(3)7-10/h5-7,11,13H,1H2,2-4H3. The third-order valence-electron chi connectivity index (χ3n) is 2.31. The van der Waals surface area contributed by atoms with Crippen molar-refractivity contribution in [2.24, 2.45) is 0 Å². The van der Waals surface area contributed by atoms with Crippen LogP contribution in [0.2, 0.25) is 0 Å². The zero-order valence-electron chi connectivity index (χ0n) is 8.87. The van der Waals surface area contributed by atoms with Crippen LogP contribution >= 0.6 is 0 Å². The number of phenols is 1. The van der Waals surface area contributed by atoms with E-state index >= 15 is 0 Å². The van der Waals surface area contributed by atoms with E-state index < -0.39 is 0 Å². The second kappa shape index (κ2) is 4.29. The molecule has 14 heavy (non-hydrogen) atoms. The number of aromatic hydroxyl groups is 1. The zero-order valence-corrected chi connectivity index (χ0v) is 8.87. The highest BCUT2D eigenvalue weighted by Crippen LogP contribution is 2.27. The van der Waals surface area contributed by atoms with Crippen molar-refractivity contribution in [3.63, 3.8) is 0 Å². The fourth-order valence-corrected chi connectivity index (χ4v) is 1.52. The summed E-state index contributed by atoms with van der Waals surface area (Å²) in [4.78, 5) is 0. The van der Waals surface area contributed by atoms with E-state index in [1.807, 2.05) is 26.0 Å². The Balaban J connectivity index is 3.17. The topological polar surface area (TPSA) is 29.5 Å². The molecule has 1 aromatic carbocycles. The number of ether oxygens (including phenoxy) is 1. The third-order valence-corrected chi connectivity index (χ3v) is 2.31. The first kappa shape index (κ1) is 10.8. The molecule has 0 bridgehead atoms. The van der Waals surface area contributed by atoms with E-state index in [0.717, 1.165) is 16.7 Å². The Morgan fingerprint density at radius 3 is 2.21 bits per heavy atom. The van der Waals surface area contributed by atoms with Crippen molar-refractivity contribution in [2.75, 3.05) is 7.11 Å². The minimum absolute atomic E-state index is 0.104. The number of methoxy groups -OCH3 is 1. The van der Waals surface area contributed by atoms with Crippen LogP contribution in [0.3, 0.4) is 0 Å². The molecule has 1 aromatic rings. The SMILES string of the molecule is C=CC(OC)c1cc(C)c(O)c(C)c1. The Hall–Kier alpha value is -1.28. The largest absolute Gasteiger partial charge is 0.507 e. The van der Waals surface area contributed by atoms with Gasteiger partial charge in [0.15, 0.2) is 0 Å². The third kappa shape index (κ3) is 1.96. The maximum absolute atomic E-state index is 9.59. The molecule has 2 heteroatoms. The lowest BCUT2D eigenvalue weighted by atomic mass is 10.0. The molecule has 1 rings (SSSR count). The van der Waals surface area contributed by atoms with Gasteiger partial charge in [-0.3, -0.25) is 0 Å². The lowest BCUT2D eigenvalue weighted by Gasteiger charge is -2.13. The van der Waals surface area contributed by atoms with E-state index in [0.29, 0.717) is 5.75 Å². The molecule has 2 nitrogen and oxygen atoms in total. The van der Waals surface area contributed by atoms with Crippen LogP contribution in [-0.4, -0.2) is 12.2 Å². The van der Waals surface area contributed by atoms with Gasteiger partial charge in [-0.25, -0.2) is 0 Å². The van der Waals surface area contributed by atoms with Crippen LogP contribution in [0, 0.1) is 13.8 Å². The molecule has 1 N–H and O–H groups in total. The molecule has 0 amide bonds. The summed E-state index contributed by atoms with van der Waals surface area (Å²) in [7, 11) is 1.64. The summed E-state index contributed by atoms with van der Waals surface area (Å²) >= 11 is 0. The summed E-state index contributed by atoms with van der Waals surface area (Å²) < 4.78 is 5.24. The number of hydrogen-bond donors (Lipinski definition) is 1. The minimum Gasteiger partial charge on any atom is -0.507 e. The molecular formula is C12H16O2. The fraction of sp³-hybridized carbons (Fsp3) is 0.333. The molecule has 1 atom stereocenters. The van der Waals surface area contributed by atoms with Crippen LogP contribution < -0.4 is 0 Å². The average Bonchev–Trinajstić information content (AvgIpc) is 2.16. The van der Waals surface area contributed by atoms with Gasteiger partial charge in [-0.1, -0.05) is 6.08 Å². The van der Waals surface area contributed by atoms with Crippen molar-refractivity contribution in [1.29, 1.82) is 0 Å². The lowest BCUT2D eigenvalue weighted by molar-refractivity contribution is 0.143. The molecule has 0 aliphatic carbocycles. The van der Waals surface area contributed by atoms with Crippen molar-refractivity contribution in [3.05, 3.63) is 41.5 Å². The summed E-state index contributed by atoms with van der Waals surface area (Å²) in [6.45, 7) is 7.46. The highest BCUT2D eigenvalue weighted by Gasteiger charge is 2.09. The molecule has 0 saturated carbocycles. The fourth-order valence-electron chi connectivity index (χ4n) is 1.52. The smallest absolute Gasteiger partial charge is 0.121 e. The first-order valence-electron chi connectivity index (χ1n) is 4.55. The van der Waals surface area contributed by atoms with Crippen molar-refractivity contribution in [3.8, 4) is 5.75 Å². The lowest BCUT2D eigenvalue weighted by Crippen LogP contribution is -1.98. The maximum Gasteiger partial charge on any atom is 0.121 e. The highest BCUT2D eigenvalue weighted by atomic mass is 16.5. The van der Waals surface area contributed by atoms with Crippen LogP contribution in [0.25, 0.3) is 0 Å². The van der Waals surface area contributed by atoms with E-state index in [2.05, 4.69) is 6.58 Å². The van der Waals surface area contributed by atoms with Gasteiger partial charge < -0.3 is 9.84 Å². The second-order valence-electron chi connectivity index (χ2n) is 3.40. The van der Waals surface area contributed by atoms with Gasteiger partial charge in [0.1, 0.15) is 11.9 Å². The van der Waals surface area contributed by atoms with Crippen molar-refractivity contribution >= 4 is 0 Å². The van der Waals surface area contributed by atoms with Gasteiger partial charge in [0.2, 0.25) is 0 Å². The predicted octanol–water partition coefficient (Wildman–Crippen LogP) is 2.88. The number of benzene rings is 1. The normalized spacial score (nSPS) is 12.5. The van der Waals surface area contributed by atoms with Crippen molar-refractivity contribution in [2.45, 2.75) is 20.0 Å². The van der Waals surface area contributed by atoms with Gasteiger partial charge in [0.05, 0.1) is 0 Å². The minimum atomic E-state index is -0.104. The molecule has 0 aliphatic heterocycles. The Kier molecular flexibility index (Phi) is 3.31. The zero-order chi connectivity index (χ0) is 10.7. The molecule has 0 aromatic heterocycles. The van der Waals surface area contributed by atoms with E-state index in [1.54, 1.807) is 13.2 Å². The van der Waals surface area contributed by atoms with Crippen molar-refractivity contribution < 1.29 is 9.84 Å². The van der Waals surface area contributed by atoms with Gasteiger partial charge in [0, 0.05) is 7.11 Å². The number of phenolic OH excluding ortho intramolecular Hbond substituents is 1. The quantitative estimate of drug-likeness (QED) is 0.746. The number of rotatable bonds is 3. The molecular weight excluding hydrogens is 176 g/mol. The Labute approximate surface area is 84.8 Å². The summed E-state index contributed by atoms with van der Waals surface area (Å²) in [6.07, 6.45) is 1.64. The van der Waals surface area contributed by atoms with E-state index in [-0.39, 0.29) is 6.10 Å². The molecule has 0 spiro atoms. The van der Waals surface area contributed by atoms with Crippen LogP contribution in [0.4, 0.5) is 0 Å². The van der Waals surface area contributed by atoms with Crippen LogP contribution in [-0.2, 0) is 4.74 Å². The van der Waals surface area contributed by atoms with Crippen molar-refractivity contribution in [1.82, 2.24) is 0 Å². The first-order valence-corrected chi connectivity index (χ1v) is 4.55. The van der Waals surface area contributed by atoms with E-state index in [9.17, 15) is 5.11 Å². The second-order valence-corrected chi connectivity index (χ2v) is 3.40. The predicted molar refractivity (Wildman–Crippen MR) is 57.5 cm³/mol. The van der Waals surface area contributed by atoms with Gasteiger partial charge in [-0.15, -0.1) is 6.58 Å². The van der Waals surface area contributed by atoms with Gasteiger partial charge in [-0.2, -0.15) is 0 Å². The first-order chi connectivity index (χ1) is 6.60. The highest BCUT2D eigenvalue weighted by molar-refractivity contribution is 5.43. The Morgan fingerprint density at radius 2 is 1.86 bits per heavy atom. The van der Waals surface area contributed by atoms with Gasteiger partial charge in [0.25, 0.3) is 0 Å². The number of aryl methyl sites for hydroxylation is 2. The summed E-state index contributed by atoms with van der Waals surface area (Å²) in [5.41, 5.74) is 2.75. The van der Waals surface area contributed by atoms with Gasteiger partial charge >= 0.3 is 0 Å². The summed E-state index contributed by atoms with van der Waals surface area (Å²) in [5, 5.41) is 9.59. The summed E-state index contributed by atoms with van der Waals surface area (Å²) in [6, 6.07) is 3.83. The Morgan fingerprint density at radius 1 is 1.36 bits per heavy atom. The van der Waals surface area contributed by atoms with Crippen LogP contribution in [0.15, 0.2) is 24.8 Å². The Bertz CT molecular complexity index is 319. The molecule has 76 valence electrons.